The van der Waals surface area contributed by atoms with E-state index in [1.807, 2.05) is 0 Å². The summed E-state index contributed by atoms with van der Waals surface area (Å²) in [5.41, 5.74) is 3.68. The lowest BCUT2D eigenvalue weighted by Crippen LogP contribution is -2.45. The molecule has 0 bridgehead atoms. The van der Waals surface area contributed by atoms with Gasteiger partial charge in [0.05, 0.1) is 5.39 Å². The number of fused-ring (bicyclic) bond motifs is 5. The predicted octanol–water partition coefficient (Wildman–Crippen LogP) is 5.53. The van der Waals surface area contributed by atoms with Crippen molar-refractivity contribution in [1.29, 1.82) is 0 Å². The molecule has 2 aliphatic rings. The van der Waals surface area contributed by atoms with E-state index in [0.29, 0.717) is 16.9 Å². The maximum Gasteiger partial charge on any atom is 0.283 e. The van der Waals surface area contributed by atoms with Gasteiger partial charge in [0.2, 0.25) is 0 Å². The third-order valence-corrected chi connectivity index (χ3v) is 6.31. The van der Waals surface area contributed by atoms with Crippen LogP contribution in [-0.4, -0.2) is 10.6 Å². The van der Waals surface area contributed by atoms with E-state index in [0.717, 1.165) is 55.4 Å². The van der Waals surface area contributed by atoms with Crippen LogP contribution >= 0.6 is 0 Å². The lowest BCUT2D eigenvalue weighted by molar-refractivity contribution is 0.0119. The molecule has 1 aliphatic heterocycles. The summed E-state index contributed by atoms with van der Waals surface area (Å²) in [6, 6.07) is 2.08. The Hall–Kier alpha value is -2.10. The summed E-state index contributed by atoms with van der Waals surface area (Å²) >= 11 is 0. The summed E-state index contributed by atoms with van der Waals surface area (Å²) in [5, 5.41) is 0.644. The van der Waals surface area contributed by atoms with Crippen LogP contribution in [0.15, 0.2) is 33.3 Å². The first-order chi connectivity index (χ1) is 12.9. The topological polar surface area (TPSA) is 52.3 Å². The molecule has 4 heteroatoms. The molecule has 0 amide bonds. The molecule has 1 aromatic heterocycles. The number of benzene rings is 1. The fourth-order valence-electron chi connectivity index (χ4n) is 4.90. The van der Waals surface area contributed by atoms with Gasteiger partial charge in [0.15, 0.2) is 6.39 Å². The van der Waals surface area contributed by atoms with Crippen LogP contribution in [0.3, 0.4) is 0 Å². The van der Waals surface area contributed by atoms with Crippen LogP contribution in [0.5, 0.6) is 5.75 Å². The molecule has 0 radical (unpaired) electrons. The predicted molar refractivity (Wildman–Crippen MR) is 107 cm³/mol. The quantitative estimate of drug-likeness (QED) is 0.526. The standard InChI is InChI=1S/C23H29NO3/c1-5-6-7-8-15-12-18-20(21-19(15)22(25)24-13-26-21)16-11-14(2)9-10-17(16)23(3,4)27-18/h11-13,16-17H,5-10H2,1-4H3. The SMILES string of the molecule is CCCCCc1cc2c(c3ocnc(=O)c13)C1C=C(C)CCC1C(C)(C)O2. The molecule has 0 spiro atoms. The number of hydrogen-bond donors (Lipinski definition) is 0. The van der Waals surface area contributed by atoms with Gasteiger partial charge in [-0.2, -0.15) is 4.98 Å². The van der Waals surface area contributed by atoms with Crippen molar-refractivity contribution in [2.75, 3.05) is 0 Å². The van der Waals surface area contributed by atoms with E-state index >= 15 is 0 Å². The molecule has 4 nitrogen and oxygen atoms in total. The van der Waals surface area contributed by atoms with Crippen LogP contribution in [0.2, 0.25) is 0 Å². The highest BCUT2D eigenvalue weighted by Gasteiger charge is 2.45. The van der Waals surface area contributed by atoms with Crippen LogP contribution in [0.25, 0.3) is 11.0 Å². The zero-order valence-electron chi connectivity index (χ0n) is 16.8. The van der Waals surface area contributed by atoms with E-state index in [4.69, 9.17) is 9.15 Å². The molecule has 1 aromatic carbocycles. The normalized spacial score (nSPS) is 23.3. The Bertz CT molecular complexity index is 954. The van der Waals surface area contributed by atoms with E-state index in [1.165, 1.54) is 12.0 Å². The number of aryl methyl sites for hydroxylation is 1. The monoisotopic (exact) mass is 367 g/mol. The second-order valence-electron chi connectivity index (χ2n) is 8.66. The molecule has 0 saturated heterocycles. The van der Waals surface area contributed by atoms with Crippen LogP contribution in [0, 0.1) is 5.92 Å². The minimum absolute atomic E-state index is 0.191. The van der Waals surface area contributed by atoms with Crippen molar-refractivity contribution in [2.24, 2.45) is 5.92 Å². The molecule has 1 aliphatic carbocycles. The molecular weight excluding hydrogens is 338 g/mol. The molecule has 4 rings (SSSR count). The Morgan fingerprint density at radius 3 is 2.89 bits per heavy atom. The second kappa shape index (κ2) is 6.81. The third-order valence-electron chi connectivity index (χ3n) is 6.31. The van der Waals surface area contributed by atoms with E-state index in [-0.39, 0.29) is 17.1 Å². The van der Waals surface area contributed by atoms with Gasteiger partial charge in [0, 0.05) is 17.4 Å². The van der Waals surface area contributed by atoms with Crippen molar-refractivity contribution in [3.63, 3.8) is 0 Å². The average molecular weight is 367 g/mol. The van der Waals surface area contributed by atoms with E-state index < -0.39 is 0 Å². The summed E-state index contributed by atoms with van der Waals surface area (Å²) in [7, 11) is 0. The largest absolute Gasteiger partial charge is 0.487 e. The van der Waals surface area contributed by atoms with Crippen molar-refractivity contribution in [3.05, 3.63) is 45.6 Å². The minimum atomic E-state index is -0.240. The smallest absolute Gasteiger partial charge is 0.283 e. The number of unbranched alkanes of at least 4 members (excludes halogenated alkanes) is 2. The summed E-state index contributed by atoms with van der Waals surface area (Å²) in [4.78, 5) is 16.6. The number of aromatic nitrogens is 1. The summed E-state index contributed by atoms with van der Waals surface area (Å²) in [5.74, 6) is 1.47. The van der Waals surface area contributed by atoms with Gasteiger partial charge >= 0.3 is 0 Å². The molecule has 2 unspecified atom stereocenters. The molecule has 2 atom stereocenters. The molecule has 2 aromatic rings. The van der Waals surface area contributed by atoms with E-state index in [9.17, 15) is 4.79 Å². The molecular formula is C23H29NO3. The number of rotatable bonds is 4. The van der Waals surface area contributed by atoms with Gasteiger partial charge in [-0.05, 0) is 58.1 Å². The minimum Gasteiger partial charge on any atom is -0.487 e. The highest BCUT2D eigenvalue weighted by atomic mass is 16.5. The van der Waals surface area contributed by atoms with Crippen molar-refractivity contribution in [3.8, 4) is 5.75 Å². The van der Waals surface area contributed by atoms with E-state index in [2.05, 4.69) is 44.8 Å². The Morgan fingerprint density at radius 1 is 1.30 bits per heavy atom. The highest BCUT2D eigenvalue weighted by molar-refractivity contribution is 5.86. The van der Waals surface area contributed by atoms with Crippen LogP contribution in [0.1, 0.15) is 76.8 Å². The third kappa shape index (κ3) is 3.09. The lowest BCUT2D eigenvalue weighted by Gasteiger charge is -2.46. The van der Waals surface area contributed by atoms with Crippen molar-refractivity contribution in [1.82, 2.24) is 4.98 Å². The second-order valence-corrected chi connectivity index (χ2v) is 8.66. The van der Waals surface area contributed by atoms with Gasteiger partial charge in [-0.25, -0.2) is 0 Å². The fraction of sp³-hybridized carbons (Fsp3) is 0.565. The Labute approximate surface area is 160 Å². The summed E-state index contributed by atoms with van der Waals surface area (Å²) in [6.07, 6.45) is 10.0. The number of hydrogen-bond acceptors (Lipinski definition) is 4. The van der Waals surface area contributed by atoms with Crippen LogP contribution in [0.4, 0.5) is 0 Å². The van der Waals surface area contributed by atoms with Gasteiger partial charge in [0.25, 0.3) is 5.56 Å². The Morgan fingerprint density at radius 2 is 2.11 bits per heavy atom. The van der Waals surface area contributed by atoms with E-state index in [1.54, 1.807) is 0 Å². The number of allylic oxidation sites excluding steroid dienone is 2. The number of nitrogens with zero attached hydrogens (tertiary/aromatic N) is 1. The summed E-state index contributed by atoms with van der Waals surface area (Å²) in [6.45, 7) is 8.75. The Balaban J connectivity index is 1.96. The average Bonchev–Trinajstić information content (AvgIpc) is 2.60. The van der Waals surface area contributed by atoms with Gasteiger partial charge < -0.3 is 9.15 Å². The molecule has 0 fully saturated rings. The number of ether oxygens (including phenoxy) is 1. The lowest BCUT2D eigenvalue weighted by atomic mass is 9.68. The molecule has 0 N–H and O–H groups in total. The van der Waals surface area contributed by atoms with Crippen LogP contribution in [-0.2, 0) is 6.42 Å². The highest BCUT2D eigenvalue weighted by Crippen LogP contribution is 2.52. The van der Waals surface area contributed by atoms with Crippen molar-refractivity contribution >= 4 is 11.0 Å². The molecule has 144 valence electrons. The van der Waals surface area contributed by atoms with Gasteiger partial charge in [-0.15, -0.1) is 0 Å². The van der Waals surface area contributed by atoms with Gasteiger partial charge in [-0.1, -0.05) is 31.4 Å². The first-order valence-corrected chi connectivity index (χ1v) is 10.2. The van der Waals surface area contributed by atoms with Crippen LogP contribution < -0.4 is 10.3 Å². The van der Waals surface area contributed by atoms with Crippen molar-refractivity contribution < 1.29 is 9.15 Å². The molecule has 2 heterocycles. The first kappa shape index (κ1) is 18.3. The first-order valence-electron chi connectivity index (χ1n) is 10.2. The maximum atomic E-state index is 12.6. The zero-order chi connectivity index (χ0) is 19.2. The van der Waals surface area contributed by atoms with Gasteiger partial charge in [0.1, 0.15) is 16.9 Å². The summed E-state index contributed by atoms with van der Waals surface area (Å²) < 4.78 is 12.4. The molecule has 0 saturated carbocycles. The Kier molecular flexibility index (Phi) is 4.61. The fourth-order valence-corrected chi connectivity index (χ4v) is 4.90. The van der Waals surface area contributed by atoms with Crippen molar-refractivity contribution in [2.45, 2.75) is 77.7 Å². The molecule has 27 heavy (non-hydrogen) atoms. The zero-order valence-corrected chi connectivity index (χ0v) is 16.8. The maximum absolute atomic E-state index is 12.6. The van der Waals surface area contributed by atoms with Gasteiger partial charge in [-0.3, -0.25) is 4.79 Å².